The number of nitrogens with one attached hydrogen (secondary N) is 1. The molecular weight excluding hydrogens is 544 g/mol. The molecule has 0 aliphatic carbocycles. The predicted octanol–water partition coefficient (Wildman–Crippen LogP) is 4.35. The molecule has 0 saturated heterocycles. The van der Waals surface area contributed by atoms with Crippen LogP contribution in [0.2, 0.25) is 0 Å². The summed E-state index contributed by atoms with van der Waals surface area (Å²) in [6.07, 6.45) is -1.18. The van der Waals surface area contributed by atoms with Gasteiger partial charge in [0, 0.05) is 25.0 Å². The van der Waals surface area contributed by atoms with Crippen molar-refractivity contribution in [3.63, 3.8) is 0 Å². The topological polar surface area (TPSA) is 104 Å². The van der Waals surface area contributed by atoms with Gasteiger partial charge in [-0.2, -0.15) is 13.2 Å². The van der Waals surface area contributed by atoms with Gasteiger partial charge in [0.15, 0.2) is 5.69 Å². The first kappa shape index (κ1) is 29.4. The van der Waals surface area contributed by atoms with Gasteiger partial charge in [-0.25, -0.2) is 9.07 Å². The Morgan fingerprint density at radius 2 is 1.95 bits per heavy atom. The van der Waals surface area contributed by atoms with E-state index in [1.165, 1.54) is 16.8 Å². The number of carbonyl (C=O) groups excluding carboxylic acids is 1. The van der Waals surface area contributed by atoms with Crippen LogP contribution in [0.15, 0.2) is 71.9 Å². The Kier molecular flexibility index (Phi) is 9.48. The third-order valence-electron chi connectivity index (χ3n) is 6.19. The second-order valence-corrected chi connectivity index (χ2v) is 9.28. The second-order valence-electron chi connectivity index (χ2n) is 9.28. The Morgan fingerprint density at radius 3 is 2.71 bits per heavy atom. The van der Waals surface area contributed by atoms with E-state index in [9.17, 15) is 27.2 Å². The van der Waals surface area contributed by atoms with Gasteiger partial charge < -0.3 is 14.6 Å². The third kappa shape index (κ3) is 8.47. The lowest BCUT2D eigenvalue weighted by molar-refractivity contribution is -0.137. The highest BCUT2D eigenvalue weighted by atomic mass is 19.4. The highest BCUT2D eigenvalue weighted by Crippen LogP contribution is 2.29. The standard InChI is InChI=1S/C28H28F4N6O3/c1-2-19-4-3-5-24(12-19)41-18-20-7-10-37(26(39)13-20)11-8-22(29)16-38-17-25(35-36-38)27(40)34-15-23-14-21(6-9-33-23)28(30,31)32/h3-7,9-10,12-14,17,22H,2,8,11,15-16,18H2,1H3,(H,34,40). The largest absolute Gasteiger partial charge is 0.489 e. The summed E-state index contributed by atoms with van der Waals surface area (Å²) in [4.78, 5) is 28.6. The van der Waals surface area contributed by atoms with Crippen molar-refractivity contribution in [3.05, 3.63) is 106 Å². The van der Waals surface area contributed by atoms with Gasteiger partial charge in [0.25, 0.3) is 11.5 Å². The van der Waals surface area contributed by atoms with Crippen LogP contribution in [-0.4, -0.2) is 36.6 Å². The average molecular weight is 573 g/mol. The van der Waals surface area contributed by atoms with Crippen molar-refractivity contribution in [3.8, 4) is 5.75 Å². The Morgan fingerprint density at radius 1 is 1.12 bits per heavy atom. The average Bonchev–Trinajstić information content (AvgIpc) is 3.42. The number of halogens is 4. The number of aromatic nitrogens is 5. The zero-order chi connectivity index (χ0) is 29.4. The molecule has 1 atom stereocenters. The van der Waals surface area contributed by atoms with Crippen LogP contribution < -0.4 is 15.6 Å². The van der Waals surface area contributed by atoms with Gasteiger partial charge in [-0.1, -0.05) is 24.3 Å². The Hall–Kier alpha value is -4.55. The van der Waals surface area contributed by atoms with Crippen molar-refractivity contribution >= 4 is 5.91 Å². The molecule has 3 aromatic heterocycles. The number of pyridine rings is 2. The maximum atomic E-state index is 14.6. The summed E-state index contributed by atoms with van der Waals surface area (Å²) >= 11 is 0. The van der Waals surface area contributed by atoms with Crippen molar-refractivity contribution in [2.24, 2.45) is 0 Å². The minimum atomic E-state index is -4.53. The monoisotopic (exact) mass is 572 g/mol. The molecule has 1 N–H and O–H groups in total. The van der Waals surface area contributed by atoms with Crippen molar-refractivity contribution in [2.75, 3.05) is 0 Å². The molecule has 1 unspecified atom stereocenters. The molecule has 0 bridgehead atoms. The van der Waals surface area contributed by atoms with E-state index in [0.29, 0.717) is 5.56 Å². The predicted molar refractivity (Wildman–Crippen MR) is 141 cm³/mol. The summed E-state index contributed by atoms with van der Waals surface area (Å²) in [7, 11) is 0. The fourth-order valence-corrected chi connectivity index (χ4v) is 3.92. The normalized spacial score (nSPS) is 12.2. The fourth-order valence-electron chi connectivity index (χ4n) is 3.92. The van der Waals surface area contributed by atoms with Crippen LogP contribution >= 0.6 is 0 Å². The smallest absolute Gasteiger partial charge is 0.416 e. The van der Waals surface area contributed by atoms with Gasteiger partial charge in [-0.3, -0.25) is 14.6 Å². The minimum Gasteiger partial charge on any atom is -0.489 e. The number of aryl methyl sites for hydroxylation is 2. The molecule has 13 heteroatoms. The zero-order valence-electron chi connectivity index (χ0n) is 22.1. The number of rotatable bonds is 12. The van der Waals surface area contributed by atoms with E-state index in [1.807, 2.05) is 24.3 Å². The van der Waals surface area contributed by atoms with Crippen LogP contribution in [-0.2, 0) is 38.8 Å². The molecule has 0 saturated carbocycles. The van der Waals surface area contributed by atoms with Crippen LogP contribution in [0, 0.1) is 0 Å². The number of carbonyl (C=O) groups is 1. The summed E-state index contributed by atoms with van der Waals surface area (Å²) in [6.45, 7) is 1.96. The quantitative estimate of drug-likeness (QED) is 0.253. The molecular formula is C28H28F4N6O3. The molecule has 0 aliphatic rings. The van der Waals surface area contributed by atoms with Crippen LogP contribution in [0.25, 0.3) is 0 Å². The molecule has 4 rings (SSSR count). The molecule has 0 radical (unpaired) electrons. The van der Waals surface area contributed by atoms with Crippen LogP contribution in [0.4, 0.5) is 17.6 Å². The molecule has 216 valence electrons. The number of hydrogen-bond donors (Lipinski definition) is 1. The first-order valence-electron chi connectivity index (χ1n) is 12.9. The molecule has 4 aromatic rings. The van der Waals surface area contributed by atoms with Crippen LogP contribution in [0.1, 0.15) is 46.2 Å². The number of ether oxygens (including phenoxy) is 1. The molecule has 0 spiro atoms. The summed E-state index contributed by atoms with van der Waals surface area (Å²) in [5, 5.41) is 9.85. The summed E-state index contributed by atoms with van der Waals surface area (Å²) in [5.74, 6) is 0.0230. The highest BCUT2D eigenvalue weighted by molar-refractivity contribution is 5.91. The van der Waals surface area contributed by atoms with Crippen LogP contribution in [0.5, 0.6) is 5.75 Å². The first-order chi connectivity index (χ1) is 19.6. The molecule has 1 aromatic carbocycles. The fraction of sp³-hybridized carbons (Fsp3) is 0.321. The zero-order valence-corrected chi connectivity index (χ0v) is 22.1. The minimum absolute atomic E-state index is 0.0157. The van der Waals surface area contributed by atoms with Crippen molar-refractivity contribution in [1.82, 2.24) is 29.9 Å². The summed E-state index contributed by atoms with van der Waals surface area (Å²) in [5.41, 5.74) is 0.576. The maximum absolute atomic E-state index is 14.6. The number of hydrogen-bond acceptors (Lipinski definition) is 6. The first-order valence-corrected chi connectivity index (χ1v) is 12.9. The van der Waals surface area contributed by atoms with E-state index in [0.717, 1.165) is 40.7 Å². The lowest BCUT2D eigenvalue weighted by atomic mass is 10.2. The molecule has 9 nitrogen and oxygen atoms in total. The van der Waals surface area contributed by atoms with E-state index in [-0.39, 0.29) is 49.6 Å². The molecule has 1 amide bonds. The van der Waals surface area contributed by atoms with E-state index < -0.39 is 23.8 Å². The summed E-state index contributed by atoms with van der Waals surface area (Å²) in [6, 6.07) is 12.6. The SMILES string of the molecule is CCc1cccc(OCc2ccn(CCC(F)Cn3cc(C(=O)NCc4cc(C(F)(F)F)ccn4)nn3)c(=O)c2)c1. The van der Waals surface area contributed by atoms with E-state index >= 15 is 0 Å². The van der Waals surface area contributed by atoms with Gasteiger partial charge in [-0.05, 0) is 54.3 Å². The summed E-state index contributed by atoms with van der Waals surface area (Å²) < 4.78 is 61.5. The van der Waals surface area contributed by atoms with Crippen molar-refractivity contribution < 1.29 is 27.1 Å². The van der Waals surface area contributed by atoms with Gasteiger partial charge in [-0.15, -0.1) is 5.10 Å². The molecule has 0 fully saturated rings. The van der Waals surface area contributed by atoms with Crippen molar-refractivity contribution in [2.45, 2.75) is 58.4 Å². The van der Waals surface area contributed by atoms with Crippen LogP contribution in [0.3, 0.4) is 0 Å². The Balaban J connectivity index is 1.23. The lowest BCUT2D eigenvalue weighted by Gasteiger charge is -2.11. The van der Waals surface area contributed by atoms with E-state index in [1.54, 1.807) is 12.3 Å². The molecule has 0 aliphatic heterocycles. The van der Waals surface area contributed by atoms with Gasteiger partial charge in [0.2, 0.25) is 0 Å². The van der Waals surface area contributed by atoms with Gasteiger partial charge in [0.05, 0.1) is 30.5 Å². The number of amides is 1. The Labute approximate surface area is 232 Å². The lowest BCUT2D eigenvalue weighted by Crippen LogP contribution is -2.24. The highest BCUT2D eigenvalue weighted by Gasteiger charge is 2.30. The molecule has 41 heavy (non-hydrogen) atoms. The third-order valence-corrected chi connectivity index (χ3v) is 6.19. The van der Waals surface area contributed by atoms with Gasteiger partial charge >= 0.3 is 6.18 Å². The van der Waals surface area contributed by atoms with E-state index in [2.05, 4.69) is 27.5 Å². The Bertz CT molecular complexity index is 1540. The number of benzene rings is 1. The maximum Gasteiger partial charge on any atom is 0.416 e. The van der Waals surface area contributed by atoms with E-state index in [4.69, 9.17) is 4.74 Å². The number of nitrogens with zero attached hydrogens (tertiary/aromatic N) is 5. The number of alkyl halides is 4. The second kappa shape index (κ2) is 13.2. The van der Waals surface area contributed by atoms with Gasteiger partial charge in [0.1, 0.15) is 18.5 Å². The molecule has 3 heterocycles. The van der Waals surface area contributed by atoms with Crippen molar-refractivity contribution in [1.29, 1.82) is 0 Å².